The number of hydrogen-bond acceptors (Lipinski definition) is 10. The average Bonchev–Trinajstić information content (AvgIpc) is 3.01. The van der Waals surface area contributed by atoms with Gasteiger partial charge in [0, 0.05) is 31.7 Å². The number of rotatable bonds is 7. The highest BCUT2D eigenvalue weighted by Crippen LogP contribution is 2.53. The van der Waals surface area contributed by atoms with Crippen molar-refractivity contribution in [3.05, 3.63) is 53.1 Å². The fourth-order valence-electron chi connectivity index (χ4n) is 8.84. The quantitative estimate of drug-likeness (QED) is 0.259. The number of benzene rings is 2. The Kier molecular flexibility index (Phi) is 8.50. The van der Waals surface area contributed by atoms with E-state index in [0.29, 0.717) is 22.9 Å². The van der Waals surface area contributed by atoms with Crippen LogP contribution in [0.25, 0.3) is 0 Å². The van der Waals surface area contributed by atoms with Crippen molar-refractivity contribution in [3.8, 4) is 5.75 Å². The summed E-state index contributed by atoms with van der Waals surface area (Å²) in [5.74, 6) is -9.89. The van der Waals surface area contributed by atoms with Gasteiger partial charge in [0.05, 0.1) is 23.2 Å². The van der Waals surface area contributed by atoms with Gasteiger partial charge in [0.25, 0.3) is 0 Å². The molecule has 0 aromatic heterocycles. The number of aliphatic hydroxyl groups is 1. The van der Waals surface area contributed by atoms with E-state index in [-0.39, 0.29) is 30.2 Å². The molecule has 11 heteroatoms. The van der Waals surface area contributed by atoms with Crippen molar-refractivity contribution in [2.75, 3.05) is 38.4 Å². The van der Waals surface area contributed by atoms with Crippen LogP contribution in [0.4, 0.5) is 11.4 Å². The molecule has 0 heterocycles. The van der Waals surface area contributed by atoms with Crippen LogP contribution in [0.15, 0.2) is 36.4 Å². The summed E-state index contributed by atoms with van der Waals surface area (Å²) >= 11 is 0. The molecule has 4 aliphatic carbocycles. The Hall–Kier alpha value is -4.09. The number of phenols is 1. The highest BCUT2D eigenvalue weighted by atomic mass is 16.3. The number of carbonyl (C=O) groups excluding carboxylic acids is 5. The Balaban J connectivity index is 1.31. The molecule has 0 radical (unpaired) electrons. The highest BCUT2D eigenvalue weighted by Gasteiger charge is 2.69. The average molecular weight is 645 g/mol. The van der Waals surface area contributed by atoms with Gasteiger partial charge in [-0.3, -0.25) is 28.9 Å². The Labute approximate surface area is 274 Å². The number of likely N-dealkylation sites (N-methyl/N-ethyl adjacent to an activating group) is 1. The summed E-state index contributed by atoms with van der Waals surface area (Å²) in [6, 6.07) is 11.2. The zero-order chi connectivity index (χ0) is 33.9. The topological polar surface area (TPSA) is 170 Å². The normalized spacial score (nSPS) is 32.0. The van der Waals surface area contributed by atoms with Gasteiger partial charge in [0.15, 0.2) is 34.7 Å². The Bertz CT molecular complexity index is 1630. The molecule has 1 amide bonds. The number of nitrogens with zero attached hydrogens (tertiary/aromatic N) is 2. The first kappa shape index (κ1) is 32.8. The lowest BCUT2D eigenvalue weighted by Crippen LogP contribution is -2.74. The van der Waals surface area contributed by atoms with Crippen LogP contribution in [-0.2, 0) is 32.0 Å². The number of amides is 1. The zero-order valence-corrected chi connectivity index (χ0v) is 27.4. The molecule has 6 atom stereocenters. The molecule has 0 spiro atoms. The Morgan fingerprint density at radius 3 is 2.26 bits per heavy atom. The van der Waals surface area contributed by atoms with Crippen LogP contribution in [-0.4, -0.2) is 90.0 Å². The fourth-order valence-corrected chi connectivity index (χ4v) is 8.84. The second-order valence-corrected chi connectivity index (χ2v) is 14.4. The van der Waals surface area contributed by atoms with Gasteiger partial charge in [0.1, 0.15) is 5.75 Å². The number of primary amides is 1. The van der Waals surface area contributed by atoms with Crippen molar-refractivity contribution in [2.24, 2.45) is 35.3 Å². The van der Waals surface area contributed by atoms with Gasteiger partial charge in [-0.1, -0.05) is 30.3 Å². The molecule has 11 nitrogen and oxygen atoms in total. The maximum absolute atomic E-state index is 14.3. The molecule has 5 N–H and O–H groups in total. The summed E-state index contributed by atoms with van der Waals surface area (Å²) in [4.78, 5) is 71.0. The number of carbonyl (C=O) groups is 5. The fraction of sp³-hybridized carbons (Fsp3) is 0.528. The van der Waals surface area contributed by atoms with Gasteiger partial charge in [-0.2, -0.15) is 0 Å². The summed E-state index contributed by atoms with van der Waals surface area (Å²) in [6.07, 6.45) is 5.09. The van der Waals surface area contributed by atoms with Gasteiger partial charge < -0.3 is 26.2 Å². The standard InChI is InChI=1S/C36H44N4O7/c1-39(2)25-17-24(38-21-12-10-19(11-13-21)14-18-8-6-5-7-9-18)30(41)27-22(25)15-20-16-23-29(40(3)4)32(43)28(35(37)46)34(45)36(23,47)33(44)26(20)31(27)42/h5-9,17,19-21,23,26,28-29,38,41,47H,10-16H2,1-4H3,(H2,37,46)/t19?,20-,21?,23-,26?,28?,29-,36-/m0/s1. The Morgan fingerprint density at radius 2 is 1.66 bits per heavy atom. The van der Waals surface area contributed by atoms with Gasteiger partial charge >= 0.3 is 0 Å². The van der Waals surface area contributed by atoms with Gasteiger partial charge in [-0.05, 0) is 88.1 Å². The largest absolute Gasteiger partial charge is 0.505 e. The third kappa shape index (κ3) is 5.33. The van der Waals surface area contributed by atoms with E-state index < -0.39 is 64.4 Å². The van der Waals surface area contributed by atoms with E-state index in [4.69, 9.17) is 5.73 Å². The molecule has 250 valence electrons. The number of fused-ring (bicyclic) bond motifs is 3. The molecule has 3 fully saturated rings. The van der Waals surface area contributed by atoms with E-state index in [1.54, 1.807) is 14.1 Å². The summed E-state index contributed by atoms with van der Waals surface area (Å²) in [6.45, 7) is 0. The molecule has 47 heavy (non-hydrogen) atoms. The number of anilines is 2. The number of aromatic hydroxyl groups is 1. The van der Waals surface area contributed by atoms with Crippen molar-refractivity contribution < 1.29 is 34.2 Å². The van der Waals surface area contributed by atoms with Crippen LogP contribution in [0.5, 0.6) is 5.75 Å². The van der Waals surface area contributed by atoms with E-state index in [1.807, 2.05) is 31.1 Å². The number of ketones is 4. The second kappa shape index (κ2) is 12.2. The first-order chi connectivity index (χ1) is 22.2. The molecule has 2 unspecified atom stereocenters. The highest BCUT2D eigenvalue weighted by molar-refractivity contribution is 6.32. The molecule has 6 rings (SSSR count). The minimum absolute atomic E-state index is 0.00283. The van der Waals surface area contributed by atoms with Gasteiger partial charge in [0.2, 0.25) is 5.91 Å². The lowest BCUT2D eigenvalue weighted by Gasteiger charge is -2.52. The number of nitrogens with two attached hydrogens (primary N) is 1. The minimum atomic E-state index is -2.74. The van der Waals surface area contributed by atoms with Crippen LogP contribution < -0.4 is 16.0 Å². The maximum Gasteiger partial charge on any atom is 0.235 e. The third-order valence-corrected chi connectivity index (χ3v) is 11.1. The number of nitrogens with one attached hydrogen (secondary N) is 1. The zero-order valence-electron chi connectivity index (χ0n) is 27.4. The van der Waals surface area contributed by atoms with E-state index >= 15 is 0 Å². The molecular weight excluding hydrogens is 600 g/mol. The van der Waals surface area contributed by atoms with Gasteiger partial charge in [-0.15, -0.1) is 0 Å². The molecule has 4 aliphatic rings. The summed E-state index contributed by atoms with van der Waals surface area (Å²) in [5, 5.41) is 27.0. The van der Waals surface area contributed by atoms with E-state index in [2.05, 4.69) is 29.6 Å². The molecule has 3 saturated carbocycles. The maximum atomic E-state index is 14.3. The van der Waals surface area contributed by atoms with Crippen molar-refractivity contribution in [2.45, 2.75) is 62.6 Å². The molecule has 2 aromatic carbocycles. The smallest absolute Gasteiger partial charge is 0.235 e. The molecule has 0 saturated heterocycles. The summed E-state index contributed by atoms with van der Waals surface area (Å²) in [7, 11) is 6.83. The number of Topliss-reactive ketones (excluding diaryl/α,β-unsaturated/α-hetero) is 4. The molecule has 0 aliphatic heterocycles. The monoisotopic (exact) mass is 644 g/mol. The lowest BCUT2D eigenvalue weighted by atomic mass is 9.52. The van der Waals surface area contributed by atoms with Crippen LogP contribution in [0.2, 0.25) is 0 Å². The number of phenolic OH excluding ortho intramolecular Hbond substituents is 1. The van der Waals surface area contributed by atoms with E-state index in [9.17, 15) is 34.2 Å². The van der Waals surface area contributed by atoms with E-state index in [0.717, 1.165) is 32.1 Å². The van der Waals surface area contributed by atoms with Crippen LogP contribution in [0, 0.1) is 29.6 Å². The van der Waals surface area contributed by atoms with Crippen LogP contribution in [0.1, 0.15) is 53.6 Å². The van der Waals surface area contributed by atoms with E-state index in [1.165, 1.54) is 10.5 Å². The van der Waals surface area contributed by atoms with Crippen molar-refractivity contribution in [1.82, 2.24) is 4.90 Å². The first-order valence-corrected chi connectivity index (χ1v) is 16.5. The van der Waals surface area contributed by atoms with Crippen LogP contribution in [0.3, 0.4) is 0 Å². The SMILES string of the molecule is CN(C)c1cc(NC2CCC(Cc3ccccc3)CC2)c(O)c2c1C[C@H]1C[C@H]3[C@H](N(C)C)C(=O)C(C(N)=O)C(=O)[C@@]3(O)C(=O)C1C2=O. The Morgan fingerprint density at radius 1 is 1.00 bits per heavy atom. The van der Waals surface area contributed by atoms with Gasteiger partial charge in [-0.25, -0.2) is 0 Å². The summed E-state index contributed by atoms with van der Waals surface area (Å²) in [5.41, 5.74) is 5.70. The predicted octanol–water partition coefficient (Wildman–Crippen LogP) is 2.15. The summed E-state index contributed by atoms with van der Waals surface area (Å²) < 4.78 is 0. The third-order valence-electron chi connectivity index (χ3n) is 11.1. The van der Waals surface area contributed by atoms with Crippen LogP contribution >= 0.6 is 0 Å². The van der Waals surface area contributed by atoms with Crippen molar-refractivity contribution in [3.63, 3.8) is 0 Å². The second-order valence-electron chi connectivity index (χ2n) is 14.4. The molecule has 0 bridgehead atoms. The minimum Gasteiger partial charge on any atom is -0.505 e. The predicted molar refractivity (Wildman–Crippen MR) is 175 cm³/mol. The first-order valence-electron chi connectivity index (χ1n) is 16.5. The lowest BCUT2D eigenvalue weighted by molar-refractivity contribution is -0.181. The number of hydrogen-bond donors (Lipinski definition) is 4. The van der Waals surface area contributed by atoms with Crippen molar-refractivity contribution >= 4 is 40.4 Å². The molecular formula is C36H44N4O7. The van der Waals surface area contributed by atoms with Crippen molar-refractivity contribution in [1.29, 1.82) is 0 Å². The molecule has 2 aromatic rings.